The molecule has 3 atom stereocenters. The first-order valence-corrected chi connectivity index (χ1v) is 7.34. The van der Waals surface area contributed by atoms with E-state index in [1.807, 2.05) is 13.0 Å². The third-order valence-corrected chi connectivity index (χ3v) is 4.58. The smallest absolute Gasteiger partial charge is 0.326 e. The van der Waals surface area contributed by atoms with Gasteiger partial charge < -0.3 is 14.4 Å². The molecule has 1 aromatic heterocycles. The van der Waals surface area contributed by atoms with Gasteiger partial charge in [0.25, 0.3) is 0 Å². The molecule has 1 N–H and O–H groups in total. The summed E-state index contributed by atoms with van der Waals surface area (Å²) < 4.78 is 5.37. The highest BCUT2D eigenvalue weighted by molar-refractivity contribution is 5.94. The number of amides is 1. The molecule has 5 nitrogen and oxygen atoms in total. The average molecular weight is 289 g/mol. The molecule has 2 aliphatic rings. The van der Waals surface area contributed by atoms with Crippen molar-refractivity contribution in [2.24, 2.45) is 11.8 Å². The standard InChI is InChI=1S/C16H19NO4/c1-10-5-6-12(21-10)7-8-14(18)17-9-11-3-2-4-13(11)15(17)16(19)20/h5-8,11,13,15H,2-4,9H2,1H3,(H,19,20)/b8-7+. The van der Waals surface area contributed by atoms with Crippen molar-refractivity contribution in [3.63, 3.8) is 0 Å². The second-order valence-corrected chi connectivity index (χ2v) is 5.91. The van der Waals surface area contributed by atoms with E-state index >= 15 is 0 Å². The van der Waals surface area contributed by atoms with Gasteiger partial charge in [0.2, 0.25) is 5.91 Å². The number of aryl methyl sites for hydroxylation is 1. The molecule has 21 heavy (non-hydrogen) atoms. The molecular weight excluding hydrogens is 270 g/mol. The Morgan fingerprint density at radius 2 is 2.19 bits per heavy atom. The number of hydrogen-bond acceptors (Lipinski definition) is 3. The van der Waals surface area contributed by atoms with Crippen molar-refractivity contribution in [3.8, 4) is 0 Å². The van der Waals surface area contributed by atoms with E-state index in [0.29, 0.717) is 18.2 Å². The van der Waals surface area contributed by atoms with Gasteiger partial charge in [-0.3, -0.25) is 4.79 Å². The van der Waals surface area contributed by atoms with Gasteiger partial charge >= 0.3 is 5.97 Å². The van der Waals surface area contributed by atoms with Crippen LogP contribution in [-0.4, -0.2) is 34.5 Å². The first kappa shape index (κ1) is 13.9. The van der Waals surface area contributed by atoms with Crippen LogP contribution in [0.1, 0.15) is 30.8 Å². The van der Waals surface area contributed by atoms with Gasteiger partial charge in [0.15, 0.2) is 0 Å². The molecule has 1 aromatic rings. The topological polar surface area (TPSA) is 70.8 Å². The van der Waals surface area contributed by atoms with Crippen LogP contribution in [-0.2, 0) is 9.59 Å². The Hall–Kier alpha value is -2.04. The number of likely N-dealkylation sites (tertiary alicyclic amines) is 1. The molecular formula is C16H19NO4. The molecule has 112 valence electrons. The summed E-state index contributed by atoms with van der Waals surface area (Å²) in [6, 6.07) is 2.93. The van der Waals surface area contributed by atoms with Crippen molar-refractivity contribution in [1.82, 2.24) is 4.90 Å². The lowest BCUT2D eigenvalue weighted by molar-refractivity contribution is -0.148. The molecule has 5 heteroatoms. The van der Waals surface area contributed by atoms with Gasteiger partial charge in [0.05, 0.1) is 0 Å². The second-order valence-electron chi connectivity index (χ2n) is 5.91. The highest BCUT2D eigenvalue weighted by Crippen LogP contribution is 2.42. The van der Waals surface area contributed by atoms with E-state index in [9.17, 15) is 14.7 Å². The maximum absolute atomic E-state index is 12.3. The van der Waals surface area contributed by atoms with Gasteiger partial charge in [0.1, 0.15) is 17.6 Å². The molecule has 1 amide bonds. The van der Waals surface area contributed by atoms with Crippen LogP contribution in [0.2, 0.25) is 0 Å². The second kappa shape index (κ2) is 5.39. The number of carbonyl (C=O) groups is 2. The number of furan rings is 1. The number of hydrogen-bond donors (Lipinski definition) is 1. The molecule has 1 aliphatic heterocycles. The first-order chi connectivity index (χ1) is 10.1. The molecule has 1 aliphatic carbocycles. The Morgan fingerprint density at radius 1 is 1.38 bits per heavy atom. The van der Waals surface area contributed by atoms with Gasteiger partial charge in [0, 0.05) is 12.6 Å². The summed E-state index contributed by atoms with van der Waals surface area (Å²) in [7, 11) is 0. The minimum absolute atomic E-state index is 0.116. The van der Waals surface area contributed by atoms with Crippen molar-refractivity contribution in [1.29, 1.82) is 0 Å². The number of fused-ring (bicyclic) bond motifs is 1. The summed E-state index contributed by atoms with van der Waals surface area (Å²) >= 11 is 0. The lowest BCUT2D eigenvalue weighted by Gasteiger charge is -2.23. The Morgan fingerprint density at radius 3 is 2.86 bits per heavy atom. The largest absolute Gasteiger partial charge is 0.480 e. The highest BCUT2D eigenvalue weighted by atomic mass is 16.4. The van der Waals surface area contributed by atoms with E-state index in [0.717, 1.165) is 25.0 Å². The Balaban J connectivity index is 1.74. The fourth-order valence-corrected chi connectivity index (χ4v) is 3.64. The quantitative estimate of drug-likeness (QED) is 0.867. The monoisotopic (exact) mass is 289 g/mol. The molecule has 3 rings (SSSR count). The maximum Gasteiger partial charge on any atom is 0.326 e. The number of carbonyl (C=O) groups excluding carboxylic acids is 1. The van der Waals surface area contributed by atoms with E-state index < -0.39 is 12.0 Å². The fraction of sp³-hybridized carbons (Fsp3) is 0.500. The maximum atomic E-state index is 12.3. The van der Waals surface area contributed by atoms with E-state index in [-0.39, 0.29) is 11.8 Å². The van der Waals surface area contributed by atoms with Gasteiger partial charge in [-0.1, -0.05) is 6.42 Å². The van der Waals surface area contributed by atoms with Crippen molar-refractivity contribution >= 4 is 18.0 Å². The molecule has 0 spiro atoms. The summed E-state index contributed by atoms with van der Waals surface area (Å²) in [4.78, 5) is 25.3. The van der Waals surface area contributed by atoms with Crippen LogP contribution in [0.5, 0.6) is 0 Å². The molecule has 0 aromatic carbocycles. The lowest BCUT2D eigenvalue weighted by Crippen LogP contribution is -2.42. The van der Waals surface area contributed by atoms with E-state index in [4.69, 9.17) is 4.42 Å². The Bertz CT molecular complexity index is 589. The summed E-state index contributed by atoms with van der Waals surface area (Å²) in [5.74, 6) is 0.708. The molecule has 3 unspecified atom stereocenters. The predicted molar refractivity (Wildman–Crippen MR) is 76.4 cm³/mol. The van der Waals surface area contributed by atoms with Crippen molar-refractivity contribution in [3.05, 3.63) is 29.7 Å². The van der Waals surface area contributed by atoms with Gasteiger partial charge in [-0.2, -0.15) is 0 Å². The van der Waals surface area contributed by atoms with Gasteiger partial charge in [-0.25, -0.2) is 4.79 Å². The zero-order valence-corrected chi connectivity index (χ0v) is 12.0. The molecule has 2 fully saturated rings. The number of carboxylic acids is 1. The summed E-state index contributed by atoms with van der Waals surface area (Å²) in [6.07, 6.45) is 6.02. The van der Waals surface area contributed by atoms with Crippen LogP contribution in [0.4, 0.5) is 0 Å². The minimum Gasteiger partial charge on any atom is -0.480 e. The van der Waals surface area contributed by atoms with Crippen molar-refractivity contribution < 1.29 is 19.1 Å². The lowest BCUT2D eigenvalue weighted by atomic mass is 9.94. The van der Waals surface area contributed by atoms with Crippen LogP contribution in [0.25, 0.3) is 6.08 Å². The number of carboxylic acid groups (broad SMARTS) is 1. The number of aliphatic carboxylic acids is 1. The molecule has 1 saturated heterocycles. The summed E-state index contributed by atoms with van der Waals surface area (Å²) in [5, 5.41) is 9.43. The number of nitrogens with zero attached hydrogens (tertiary/aromatic N) is 1. The zero-order chi connectivity index (χ0) is 15.0. The normalized spacial score (nSPS) is 28.2. The van der Waals surface area contributed by atoms with Crippen LogP contribution >= 0.6 is 0 Å². The minimum atomic E-state index is -0.889. The van der Waals surface area contributed by atoms with Crippen molar-refractivity contribution in [2.75, 3.05) is 6.54 Å². The van der Waals surface area contributed by atoms with Crippen LogP contribution < -0.4 is 0 Å². The van der Waals surface area contributed by atoms with Gasteiger partial charge in [-0.05, 0) is 49.8 Å². The number of rotatable bonds is 3. The van der Waals surface area contributed by atoms with Crippen LogP contribution in [0, 0.1) is 18.8 Å². The van der Waals surface area contributed by atoms with Crippen LogP contribution in [0.3, 0.4) is 0 Å². The third-order valence-electron chi connectivity index (χ3n) is 4.58. The van der Waals surface area contributed by atoms with E-state index in [2.05, 4.69) is 0 Å². The molecule has 1 saturated carbocycles. The third kappa shape index (κ3) is 2.60. The predicted octanol–water partition coefficient (Wildman–Crippen LogP) is 2.31. The molecule has 0 radical (unpaired) electrons. The highest BCUT2D eigenvalue weighted by Gasteiger charge is 2.48. The zero-order valence-electron chi connectivity index (χ0n) is 12.0. The van der Waals surface area contributed by atoms with Gasteiger partial charge in [-0.15, -0.1) is 0 Å². The SMILES string of the molecule is Cc1ccc(/C=C/C(=O)N2CC3CCCC3C2C(=O)O)o1. The summed E-state index contributed by atoms with van der Waals surface area (Å²) in [6.45, 7) is 2.39. The summed E-state index contributed by atoms with van der Waals surface area (Å²) in [5.41, 5.74) is 0. The van der Waals surface area contributed by atoms with Crippen molar-refractivity contribution in [2.45, 2.75) is 32.2 Å². The Kier molecular flexibility index (Phi) is 3.57. The van der Waals surface area contributed by atoms with E-state index in [1.54, 1.807) is 12.1 Å². The Labute approximate surface area is 123 Å². The van der Waals surface area contributed by atoms with E-state index in [1.165, 1.54) is 11.0 Å². The molecule has 0 bridgehead atoms. The molecule has 2 heterocycles. The fourth-order valence-electron chi connectivity index (χ4n) is 3.64. The van der Waals surface area contributed by atoms with Crippen LogP contribution in [0.15, 0.2) is 22.6 Å². The average Bonchev–Trinajstić information content (AvgIpc) is 3.09. The first-order valence-electron chi connectivity index (χ1n) is 7.34.